The Morgan fingerprint density at radius 2 is 2.43 bits per heavy atom. The van der Waals surface area contributed by atoms with E-state index in [1.807, 2.05) is 0 Å². The minimum absolute atomic E-state index is 0.0913. The second-order valence-electron chi connectivity index (χ2n) is 1.14. The summed E-state index contributed by atoms with van der Waals surface area (Å²) in [7, 11) is 0. The topological polar surface area (TPSA) is 46.2 Å². The van der Waals surface area contributed by atoms with Crippen molar-refractivity contribution in [2.24, 2.45) is 5.73 Å². The smallest absolute Gasteiger partial charge is 0.0825 e. The van der Waals surface area contributed by atoms with Gasteiger partial charge in [-0.05, 0) is 6.08 Å². The highest BCUT2D eigenvalue weighted by molar-refractivity contribution is 5.06. The lowest BCUT2D eigenvalue weighted by atomic mass is 10.4. The summed E-state index contributed by atoms with van der Waals surface area (Å²) in [6.45, 7) is 3.29. The van der Waals surface area contributed by atoms with Crippen molar-refractivity contribution >= 4 is 0 Å². The molecule has 0 atom stereocenters. The van der Waals surface area contributed by atoms with Gasteiger partial charge in [-0.15, -0.1) is 0 Å². The molecule has 0 bridgehead atoms. The zero-order chi connectivity index (χ0) is 5.70. The second kappa shape index (κ2) is 3.43. The number of allylic oxidation sites excluding steroid dienone is 2. The fourth-order valence-corrected chi connectivity index (χ4v) is 0.204. The van der Waals surface area contributed by atoms with Crippen LogP contribution in [0.2, 0.25) is 0 Å². The Labute approximate surface area is 43.0 Å². The summed E-state index contributed by atoms with van der Waals surface area (Å²) >= 11 is 0. The van der Waals surface area contributed by atoms with Crippen molar-refractivity contribution in [2.45, 2.75) is 0 Å². The lowest BCUT2D eigenvalue weighted by Crippen LogP contribution is -2.00. The molecule has 0 unspecified atom stereocenters. The maximum atomic E-state index is 8.22. The molecular formula is C5H9NO. The summed E-state index contributed by atoms with van der Waals surface area (Å²) in [4.78, 5) is 0. The third-order valence-electron chi connectivity index (χ3n) is 0.515. The average Bonchev–Trinajstić information content (AvgIpc) is 1.68. The molecule has 0 aromatic heterocycles. The number of nitrogens with two attached hydrogens (primary N) is 1. The summed E-state index contributed by atoms with van der Waals surface area (Å²) in [6, 6.07) is 0. The average molecular weight is 99.1 g/mol. The molecule has 2 heteroatoms. The first-order chi connectivity index (χ1) is 3.31. The van der Waals surface area contributed by atoms with Crippen LogP contribution in [-0.4, -0.2) is 11.7 Å². The molecule has 0 amide bonds. The van der Waals surface area contributed by atoms with Crippen molar-refractivity contribution in [3.05, 3.63) is 24.4 Å². The third kappa shape index (κ3) is 3.06. The van der Waals surface area contributed by atoms with Crippen molar-refractivity contribution in [1.29, 1.82) is 0 Å². The molecule has 0 saturated carbocycles. The van der Waals surface area contributed by atoms with Crippen molar-refractivity contribution < 1.29 is 5.11 Å². The number of aliphatic hydroxyl groups is 1. The fraction of sp³-hybridized carbons (Fsp3) is 0.200. The molecule has 2 nitrogen and oxygen atoms in total. The van der Waals surface area contributed by atoms with Crippen LogP contribution in [0.3, 0.4) is 0 Å². The highest BCUT2D eigenvalue weighted by atomic mass is 16.3. The monoisotopic (exact) mass is 99.1 g/mol. The Balaban J connectivity index is 3.49. The molecule has 0 aliphatic heterocycles. The molecule has 0 aliphatic carbocycles. The predicted octanol–water partition coefficient (Wildman–Crippen LogP) is 0.00730. The van der Waals surface area contributed by atoms with Crippen molar-refractivity contribution in [1.82, 2.24) is 0 Å². The minimum atomic E-state index is -0.0913. The summed E-state index contributed by atoms with van der Waals surface area (Å²) in [5, 5.41) is 8.22. The predicted molar refractivity (Wildman–Crippen MR) is 29.6 cm³/mol. The quantitative estimate of drug-likeness (QED) is 0.479. The van der Waals surface area contributed by atoms with Gasteiger partial charge < -0.3 is 10.8 Å². The number of aliphatic hydroxyl groups excluding tert-OH is 1. The Kier molecular flexibility index (Phi) is 3.06. The Morgan fingerprint density at radius 1 is 1.86 bits per heavy atom. The van der Waals surface area contributed by atoms with Crippen LogP contribution in [0.4, 0.5) is 0 Å². The van der Waals surface area contributed by atoms with Crippen LogP contribution in [0.1, 0.15) is 0 Å². The van der Waals surface area contributed by atoms with E-state index in [0.717, 1.165) is 0 Å². The number of rotatable bonds is 2. The fourth-order valence-electron chi connectivity index (χ4n) is 0.204. The maximum absolute atomic E-state index is 8.22. The van der Waals surface area contributed by atoms with Crippen LogP contribution in [0.25, 0.3) is 0 Å². The van der Waals surface area contributed by atoms with Crippen molar-refractivity contribution in [3.63, 3.8) is 0 Å². The highest BCUT2D eigenvalue weighted by Gasteiger charge is 1.76. The molecule has 0 fully saturated rings. The van der Waals surface area contributed by atoms with E-state index in [-0.39, 0.29) is 6.61 Å². The molecular weight excluding hydrogens is 90.1 g/mol. The summed E-state index contributed by atoms with van der Waals surface area (Å²) in [5.41, 5.74) is 5.56. The van der Waals surface area contributed by atoms with E-state index in [1.165, 1.54) is 6.08 Å². The normalized spacial score (nSPS) is 11.3. The van der Waals surface area contributed by atoms with E-state index >= 15 is 0 Å². The van der Waals surface area contributed by atoms with Crippen LogP contribution < -0.4 is 5.73 Å². The van der Waals surface area contributed by atoms with Crippen LogP contribution in [0, 0.1) is 0 Å². The molecule has 0 aromatic carbocycles. The van der Waals surface area contributed by atoms with E-state index < -0.39 is 0 Å². The molecule has 0 aromatic rings. The first-order valence-corrected chi connectivity index (χ1v) is 1.99. The molecule has 3 N–H and O–H groups in total. The Hall–Kier alpha value is -0.760. The molecule has 0 saturated heterocycles. The lowest BCUT2D eigenvalue weighted by molar-refractivity contribution is 0.330. The molecule has 0 rings (SSSR count). The van der Waals surface area contributed by atoms with Crippen LogP contribution in [-0.2, 0) is 0 Å². The summed E-state index contributed by atoms with van der Waals surface area (Å²) in [5.74, 6) is 0. The van der Waals surface area contributed by atoms with Gasteiger partial charge in [0.15, 0.2) is 0 Å². The molecule has 0 heterocycles. The van der Waals surface area contributed by atoms with E-state index in [4.69, 9.17) is 10.8 Å². The first kappa shape index (κ1) is 6.24. The van der Waals surface area contributed by atoms with Gasteiger partial charge in [-0.3, -0.25) is 0 Å². The number of hydrogen-bond acceptors (Lipinski definition) is 2. The molecule has 7 heavy (non-hydrogen) atoms. The Morgan fingerprint density at radius 3 is 2.57 bits per heavy atom. The SMILES string of the molecule is C=C/C=C(\N)CO. The molecule has 0 spiro atoms. The van der Waals surface area contributed by atoms with Gasteiger partial charge in [-0.2, -0.15) is 0 Å². The van der Waals surface area contributed by atoms with E-state index in [9.17, 15) is 0 Å². The van der Waals surface area contributed by atoms with Crippen LogP contribution >= 0.6 is 0 Å². The van der Waals surface area contributed by atoms with Crippen molar-refractivity contribution in [2.75, 3.05) is 6.61 Å². The maximum Gasteiger partial charge on any atom is 0.0825 e. The van der Waals surface area contributed by atoms with E-state index in [1.54, 1.807) is 6.08 Å². The largest absolute Gasteiger partial charge is 0.400 e. The zero-order valence-corrected chi connectivity index (χ0v) is 4.09. The zero-order valence-electron chi connectivity index (χ0n) is 4.09. The summed E-state index contributed by atoms with van der Waals surface area (Å²) in [6.07, 6.45) is 3.09. The van der Waals surface area contributed by atoms with Gasteiger partial charge in [0.05, 0.1) is 6.61 Å². The third-order valence-corrected chi connectivity index (χ3v) is 0.515. The van der Waals surface area contributed by atoms with Gasteiger partial charge in [-0.25, -0.2) is 0 Å². The second-order valence-corrected chi connectivity index (χ2v) is 1.14. The van der Waals surface area contributed by atoms with Gasteiger partial charge >= 0.3 is 0 Å². The van der Waals surface area contributed by atoms with Gasteiger partial charge in [-0.1, -0.05) is 12.7 Å². The standard InChI is InChI=1S/C5H9NO/c1-2-3-5(6)4-7/h2-3,7H,1,4,6H2/b5-3-. The van der Waals surface area contributed by atoms with E-state index in [2.05, 4.69) is 6.58 Å². The molecule has 0 aliphatic rings. The van der Waals surface area contributed by atoms with Gasteiger partial charge in [0.2, 0.25) is 0 Å². The highest BCUT2D eigenvalue weighted by Crippen LogP contribution is 1.77. The van der Waals surface area contributed by atoms with Crippen molar-refractivity contribution in [3.8, 4) is 0 Å². The van der Waals surface area contributed by atoms with E-state index in [0.29, 0.717) is 5.70 Å². The number of hydrogen-bond donors (Lipinski definition) is 2. The van der Waals surface area contributed by atoms with Gasteiger partial charge in [0, 0.05) is 5.70 Å². The van der Waals surface area contributed by atoms with Gasteiger partial charge in [0.1, 0.15) is 0 Å². The van der Waals surface area contributed by atoms with Gasteiger partial charge in [0.25, 0.3) is 0 Å². The Bertz CT molecular complexity index is 86.1. The minimum Gasteiger partial charge on any atom is -0.400 e. The lowest BCUT2D eigenvalue weighted by Gasteiger charge is -1.86. The molecule has 0 radical (unpaired) electrons. The van der Waals surface area contributed by atoms with Crippen LogP contribution in [0.5, 0.6) is 0 Å². The molecule has 40 valence electrons. The first-order valence-electron chi connectivity index (χ1n) is 1.99. The summed E-state index contributed by atoms with van der Waals surface area (Å²) < 4.78 is 0. The van der Waals surface area contributed by atoms with Crippen LogP contribution in [0.15, 0.2) is 24.4 Å².